The molecule has 0 atom stereocenters. The number of hydrogen-bond acceptors (Lipinski definition) is 4. The van der Waals surface area contributed by atoms with Gasteiger partial charge in [-0.25, -0.2) is 4.68 Å². The molecule has 0 radical (unpaired) electrons. The van der Waals surface area contributed by atoms with Crippen molar-refractivity contribution in [1.82, 2.24) is 19.6 Å². The van der Waals surface area contributed by atoms with Gasteiger partial charge in [0.25, 0.3) is 5.91 Å². The van der Waals surface area contributed by atoms with Crippen LogP contribution in [0, 0.1) is 13.8 Å². The average molecular weight is 436 g/mol. The summed E-state index contributed by atoms with van der Waals surface area (Å²) >= 11 is 6.14. The molecule has 1 amide bonds. The van der Waals surface area contributed by atoms with E-state index < -0.39 is 0 Å². The molecule has 0 aliphatic carbocycles. The smallest absolute Gasteiger partial charge is 0.276 e. The Kier molecular flexibility index (Phi) is 6.04. The Morgan fingerprint density at radius 2 is 1.94 bits per heavy atom. The molecule has 4 rings (SSSR count). The monoisotopic (exact) mass is 435 g/mol. The molecule has 31 heavy (non-hydrogen) atoms. The molecule has 0 bridgehead atoms. The van der Waals surface area contributed by atoms with Gasteiger partial charge in [-0.15, -0.1) is 0 Å². The van der Waals surface area contributed by atoms with Crippen molar-refractivity contribution in [2.45, 2.75) is 27.1 Å². The Bertz CT molecular complexity index is 1210. The highest BCUT2D eigenvalue weighted by molar-refractivity contribution is 6.32. The minimum absolute atomic E-state index is 0.144. The summed E-state index contributed by atoms with van der Waals surface area (Å²) in [6.45, 7) is 4.79. The molecule has 7 nitrogen and oxygen atoms in total. The van der Waals surface area contributed by atoms with Gasteiger partial charge in [-0.2, -0.15) is 10.2 Å². The quantitative estimate of drug-likeness (QED) is 0.457. The minimum Gasteiger partial charge on any atom is -0.470 e. The largest absolute Gasteiger partial charge is 0.470 e. The maximum absolute atomic E-state index is 12.5. The Balaban J connectivity index is 1.35. The fourth-order valence-electron chi connectivity index (χ4n) is 3.12. The van der Waals surface area contributed by atoms with Gasteiger partial charge in [0, 0.05) is 12.4 Å². The van der Waals surface area contributed by atoms with Gasteiger partial charge < -0.3 is 10.1 Å². The zero-order valence-corrected chi connectivity index (χ0v) is 18.0. The zero-order valence-electron chi connectivity index (χ0n) is 17.2. The molecular formula is C23H22ClN5O2. The van der Waals surface area contributed by atoms with Crippen LogP contribution in [0.1, 0.15) is 27.2 Å². The lowest BCUT2D eigenvalue weighted by Crippen LogP contribution is -2.14. The van der Waals surface area contributed by atoms with Crippen molar-refractivity contribution in [2.75, 3.05) is 5.32 Å². The Morgan fingerprint density at radius 1 is 1.10 bits per heavy atom. The first-order valence-corrected chi connectivity index (χ1v) is 10.2. The first kappa shape index (κ1) is 20.7. The topological polar surface area (TPSA) is 74.0 Å². The van der Waals surface area contributed by atoms with E-state index in [4.69, 9.17) is 16.3 Å². The van der Waals surface area contributed by atoms with Crippen LogP contribution >= 0.6 is 11.6 Å². The molecule has 2 heterocycles. The van der Waals surface area contributed by atoms with E-state index in [2.05, 4.69) is 34.6 Å². The average Bonchev–Trinajstić information content (AvgIpc) is 3.38. The van der Waals surface area contributed by atoms with E-state index in [0.717, 1.165) is 11.1 Å². The van der Waals surface area contributed by atoms with E-state index in [1.165, 1.54) is 10.2 Å². The second-order valence-electron chi connectivity index (χ2n) is 7.32. The molecular weight excluding hydrogens is 414 g/mol. The summed E-state index contributed by atoms with van der Waals surface area (Å²) in [7, 11) is 0. The molecule has 0 spiro atoms. The number of halogens is 1. The molecule has 2 aromatic carbocycles. The molecule has 2 aromatic heterocycles. The number of aromatic nitrogens is 4. The lowest BCUT2D eigenvalue weighted by atomic mass is 10.1. The van der Waals surface area contributed by atoms with E-state index in [1.54, 1.807) is 35.4 Å². The van der Waals surface area contributed by atoms with Crippen molar-refractivity contribution in [3.05, 3.63) is 94.5 Å². The zero-order chi connectivity index (χ0) is 21.8. The van der Waals surface area contributed by atoms with Gasteiger partial charge in [0.05, 0.1) is 23.5 Å². The van der Waals surface area contributed by atoms with Crippen LogP contribution in [0.15, 0.2) is 67.1 Å². The van der Waals surface area contributed by atoms with Crippen molar-refractivity contribution >= 4 is 23.2 Å². The highest BCUT2D eigenvalue weighted by Crippen LogP contribution is 2.25. The summed E-state index contributed by atoms with van der Waals surface area (Å²) in [5.74, 6) is 0.256. The molecule has 0 saturated heterocycles. The van der Waals surface area contributed by atoms with Crippen LogP contribution < -0.4 is 10.1 Å². The van der Waals surface area contributed by atoms with Crippen molar-refractivity contribution in [2.24, 2.45) is 0 Å². The molecule has 8 heteroatoms. The van der Waals surface area contributed by atoms with Crippen molar-refractivity contribution < 1.29 is 9.53 Å². The second-order valence-corrected chi connectivity index (χ2v) is 7.72. The first-order valence-electron chi connectivity index (χ1n) is 9.78. The Labute approximate surface area is 185 Å². The molecule has 1 N–H and O–H groups in total. The summed E-state index contributed by atoms with van der Waals surface area (Å²) in [6, 6.07) is 15.4. The Morgan fingerprint density at radius 3 is 2.77 bits per heavy atom. The number of amides is 1. The number of rotatable bonds is 7. The fourth-order valence-corrected chi connectivity index (χ4v) is 3.29. The summed E-state index contributed by atoms with van der Waals surface area (Å²) in [5.41, 5.74) is 4.28. The van der Waals surface area contributed by atoms with Crippen molar-refractivity contribution in [1.29, 1.82) is 0 Å². The van der Waals surface area contributed by atoms with E-state index in [0.29, 0.717) is 23.0 Å². The molecule has 0 saturated carbocycles. The maximum Gasteiger partial charge on any atom is 0.276 e. The lowest BCUT2D eigenvalue weighted by Gasteiger charge is -2.08. The molecule has 0 aliphatic heterocycles. The lowest BCUT2D eigenvalue weighted by molar-refractivity contribution is 0.102. The van der Waals surface area contributed by atoms with Gasteiger partial charge in [0.1, 0.15) is 5.75 Å². The van der Waals surface area contributed by atoms with Crippen LogP contribution in [0.3, 0.4) is 0 Å². The molecule has 0 unspecified atom stereocenters. The van der Waals surface area contributed by atoms with Gasteiger partial charge in [0.2, 0.25) is 0 Å². The Hall–Kier alpha value is -3.58. The predicted octanol–water partition coefficient (Wildman–Crippen LogP) is 4.69. The number of carbonyl (C=O) groups excluding carboxylic acids is 1. The number of carbonyl (C=O) groups is 1. The highest BCUT2D eigenvalue weighted by Gasteiger charge is 2.12. The minimum atomic E-state index is -0.317. The van der Waals surface area contributed by atoms with E-state index in [1.807, 2.05) is 31.2 Å². The standard InChI is InChI=1S/C23H22ClN5O2/c1-16-4-3-5-18(10-16)13-29-14-19(12-25-29)26-23(30)21-8-9-28(27-21)15-31-22-11-17(2)6-7-20(22)24/h3-12,14H,13,15H2,1-2H3,(H,26,30). The molecule has 0 fully saturated rings. The summed E-state index contributed by atoms with van der Waals surface area (Å²) in [6.07, 6.45) is 5.09. The van der Waals surface area contributed by atoms with Crippen LogP contribution in [-0.2, 0) is 13.3 Å². The third-order valence-electron chi connectivity index (χ3n) is 4.63. The number of aryl methyl sites for hydroxylation is 2. The van der Waals surface area contributed by atoms with Crippen LogP contribution in [-0.4, -0.2) is 25.5 Å². The third-order valence-corrected chi connectivity index (χ3v) is 4.94. The van der Waals surface area contributed by atoms with Crippen LogP contribution in [0.4, 0.5) is 5.69 Å². The first-order chi connectivity index (χ1) is 15.0. The van der Waals surface area contributed by atoms with Crippen LogP contribution in [0.25, 0.3) is 0 Å². The van der Waals surface area contributed by atoms with Gasteiger partial charge >= 0.3 is 0 Å². The number of anilines is 1. The normalized spacial score (nSPS) is 10.8. The summed E-state index contributed by atoms with van der Waals surface area (Å²) < 4.78 is 9.02. The number of nitrogens with zero attached hydrogens (tertiary/aromatic N) is 4. The summed E-state index contributed by atoms with van der Waals surface area (Å²) in [5, 5.41) is 11.9. The fraction of sp³-hybridized carbons (Fsp3) is 0.174. The number of ether oxygens (including phenoxy) is 1. The number of hydrogen-bond donors (Lipinski definition) is 1. The second kappa shape index (κ2) is 9.06. The van der Waals surface area contributed by atoms with Gasteiger partial charge in [-0.3, -0.25) is 9.48 Å². The molecule has 158 valence electrons. The van der Waals surface area contributed by atoms with E-state index >= 15 is 0 Å². The van der Waals surface area contributed by atoms with Gasteiger partial charge in [-0.05, 0) is 43.2 Å². The number of nitrogens with one attached hydrogen (secondary N) is 1. The number of benzene rings is 2. The predicted molar refractivity (Wildman–Crippen MR) is 120 cm³/mol. The van der Waals surface area contributed by atoms with Crippen LogP contribution in [0.5, 0.6) is 5.75 Å². The van der Waals surface area contributed by atoms with E-state index in [9.17, 15) is 4.79 Å². The highest BCUT2D eigenvalue weighted by atomic mass is 35.5. The van der Waals surface area contributed by atoms with Gasteiger partial charge in [-0.1, -0.05) is 47.5 Å². The summed E-state index contributed by atoms with van der Waals surface area (Å²) in [4.78, 5) is 12.5. The van der Waals surface area contributed by atoms with Crippen molar-refractivity contribution in [3.8, 4) is 5.75 Å². The molecule has 4 aromatic rings. The SMILES string of the molecule is Cc1cccc(Cn2cc(NC(=O)c3ccn(COc4cc(C)ccc4Cl)n3)cn2)c1. The van der Waals surface area contributed by atoms with Crippen molar-refractivity contribution in [3.63, 3.8) is 0 Å². The van der Waals surface area contributed by atoms with E-state index in [-0.39, 0.29) is 18.3 Å². The third kappa shape index (κ3) is 5.32. The molecule has 0 aliphatic rings. The van der Waals surface area contributed by atoms with Crippen LogP contribution in [0.2, 0.25) is 5.02 Å². The van der Waals surface area contributed by atoms with Gasteiger partial charge in [0.15, 0.2) is 12.4 Å². The maximum atomic E-state index is 12.5.